The molecule has 0 rings (SSSR count). The topological polar surface area (TPSA) is 85.2 Å². The third-order valence-electron chi connectivity index (χ3n) is 2.43. The Morgan fingerprint density at radius 1 is 1.35 bits per heavy atom. The molecule has 0 unspecified atom stereocenters. The SMILES string of the molecule is CC=C=CC=NCCCNC(=O)CN(CCO)CCO. The lowest BCUT2D eigenvalue weighted by molar-refractivity contribution is -0.122. The van der Waals surface area contributed by atoms with Gasteiger partial charge in [-0.3, -0.25) is 14.7 Å². The number of nitrogens with zero attached hydrogens (tertiary/aromatic N) is 2. The summed E-state index contributed by atoms with van der Waals surface area (Å²) in [5.74, 6) is -0.107. The van der Waals surface area contributed by atoms with Gasteiger partial charge in [-0.2, -0.15) is 0 Å². The fraction of sp³-hybridized carbons (Fsp3) is 0.643. The monoisotopic (exact) mass is 283 g/mol. The predicted molar refractivity (Wildman–Crippen MR) is 79.9 cm³/mol. The number of carbonyl (C=O) groups is 1. The van der Waals surface area contributed by atoms with E-state index >= 15 is 0 Å². The van der Waals surface area contributed by atoms with Crippen molar-refractivity contribution in [2.45, 2.75) is 13.3 Å². The van der Waals surface area contributed by atoms with Crippen molar-refractivity contribution in [3.63, 3.8) is 0 Å². The van der Waals surface area contributed by atoms with E-state index in [4.69, 9.17) is 10.2 Å². The van der Waals surface area contributed by atoms with Crippen molar-refractivity contribution in [2.75, 3.05) is 45.9 Å². The van der Waals surface area contributed by atoms with Crippen molar-refractivity contribution in [3.8, 4) is 0 Å². The Balaban J connectivity index is 3.71. The minimum absolute atomic E-state index is 0.0261. The van der Waals surface area contributed by atoms with E-state index < -0.39 is 0 Å². The van der Waals surface area contributed by atoms with Gasteiger partial charge in [0.2, 0.25) is 5.91 Å². The number of nitrogens with one attached hydrogen (secondary N) is 1. The Morgan fingerprint density at radius 3 is 2.65 bits per heavy atom. The van der Waals surface area contributed by atoms with Gasteiger partial charge in [-0.05, 0) is 25.5 Å². The van der Waals surface area contributed by atoms with Crippen molar-refractivity contribution in [1.29, 1.82) is 0 Å². The molecule has 0 aliphatic carbocycles. The van der Waals surface area contributed by atoms with Gasteiger partial charge >= 0.3 is 0 Å². The Hall–Kier alpha value is -1.46. The first-order chi connectivity index (χ1) is 9.74. The van der Waals surface area contributed by atoms with Crippen LogP contribution in [-0.2, 0) is 4.79 Å². The molecule has 1 amide bonds. The number of aliphatic imine (C=N–C) groups is 1. The molecule has 0 saturated carbocycles. The van der Waals surface area contributed by atoms with Crippen LogP contribution in [0.15, 0.2) is 22.9 Å². The normalized spacial score (nSPS) is 10.6. The molecule has 0 aromatic heterocycles. The van der Waals surface area contributed by atoms with Crippen LogP contribution in [0.2, 0.25) is 0 Å². The number of hydrogen-bond acceptors (Lipinski definition) is 5. The van der Waals surface area contributed by atoms with Crippen LogP contribution in [0.5, 0.6) is 0 Å². The Morgan fingerprint density at radius 2 is 2.05 bits per heavy atom. The molecule has 0 heterocycles. The number of amides is 1. The molecule has 0 fully saturated rings. The van der Waals surface area contributed by atoms with E-state index in [0.29, 0.717) is 26.2 Å². The van der Waals surface area contributed by atoms with Gasteiger partial charge < -0.3 is 15.5 Å². The quantitative estimate of drug-likeness (QED) is 0.273. The first kappa shape index (κ1) is 18.5. The Labute approximate surface area is 120 Å². The molecular formula is C14H25N3O3. The van der Waals surface area contributed by atoms with Gasteiger partial charge in [-0.1, -0.05) is 0 Å². The summed E-state index contributed by atoms with van der Waals surface area (Å²) in [4.78, 5) is 17.4. The molecule has 0 aliphatic rings. The number of aliphatic hydroxyl groups excluding tert-OH is 2. The maximum atomic E-state index is 11.6. The fourth-order valence-corrected chi connectivity index (χ4v) is 1.48. The van der Waals surface area contributed by atoms with Crippen LogP contribution in [0.3, 0.4) is 0 Å². The van der Waals surface area contributed by atoms with Crippen molar-refractivity contribution in [1.82, 2.24) is 10.2 Å². The molecule has 3 N–H and O–H groups in total. The minimum Gasteiger partial charge on any atom is -0.395 e. The second-order valence-corrected chi connectivity index (χ2v) is 4.10. The van der Waals surface area contributed by atoms with E-state index in [-0.39, 0.29) is 25.7 Å². The maximum absolute atomic E-state index is 11.6. The van der Waals surface area contributed by atoms with Gasteiger partial charge in [0, 0.05) is 32.4 Å². The third kappa shape index (κ3) is 11.6. The van der Waals surface area contributed by atoms with Crippen molar-refractivity contribution in [2.24, 2.45) is 4.99 Å². The van der Waals surface area contributed by atoms with Crippen LogP contribution in [0.1, 0.15) is 13.3 Å². The van der Waals surface area contributed by atoms with Crippen molar-refractivity contribution >= 4 is 12.1 Å². The second-order valence-electron chi connectivity index (χ2n) is 4.10. The predicted octanol–water partition coefficient (Wildman–Crippen LogP) is -0.419. The standard InChI is InChI=1S/C14H25N3O3/c1-2-3-4-6-15-7-5-8-16-14(20)13-17(9-11-18)10-12-19/h2,4,6,18-19H,5,7-13H2,1H3,(H,16,20). The smallest absolute Gasteiger partial charge is 0.234 e. The summed E-state index contributed by atoms with van der Waals surface area (Å²) in [7, 11) is 0. The van der Waals surface area contributed by atoms with E-state index in [2.05, 4.69) is 16.0 Å². The number of rotatable bonds is 11. The van der Waals surface area contributed by atoms with Gasteiger partial charge in [0.25, 0.3) is 0 Å². The van der Waals surface area contributed by atoms with Gasteiger partial charge in [0.05, 0.1) is 19.8 Å². The lowest BCUT2D eigenvalue weighted by atomic mass is 10.4. The largest absolute Gasteiger partial charge is 0.395 e. The molecule has 0 aliphatic heterocycles. The molecular weight excluding hydrogens is 258 g/mol. The van der Waals surface area contributed by atoms with Gasteiger partial charge in [0.15, 0.2) is 0 Å². The molecule has 0 bridgehead atoms. The third-order valence-corrected chi connectivity index (χ3v) is 2.43. The van der Waals surface area contributed by atoms with Crippen LogP contribution in [0, 0.1) is 0 Å². The Bertz CT molecular complexity index is 331. The number of aliphatic hydroxyl groups is 2. The van der Waals surface area contributed by atoms with E-state index in [9.17, 15) is 4.79 Å². The summed E-state index contributed by atoms with van der Waals surface area (Å²) >= 11 is 0. The fourth-order valence-electron chi connectivity index (χ4n) is 1.48. The van der Waals surface area contributed by atoms with Crippen LogP contribution in [-0.4, -0.2) is 73.2 Å². The number of hydrogen-bond donors (Lipinski definition) is 3. The van der Waals surface area contributed by atoms with E-state index in [1.807, 2.05) is 6.92 Å². The molecule has 6 nitrogen and oxygen atoms in total. The number of carbonyl (C=O) groups excluding carboxylic acids is 1. The average molecular weight is 283 g/mol. The zero-order chi connectivity index (χ0) is 15.1. The highest BCUT2D eigenvalue weighted by Gasteiger charge is 2.08. The van der Waals surface area contributed by atoms with Gasteiger partial charge in [-0.15, -0.1) is 5.73 Å². The summed E-state index contributed by atoms with van der Waals surface area (Å²) in [6, 6.07) is 0. The molecule has 0 aromatic rings. The molecule has 114 valence electrons. The lowest BCUT2D eigenvalue weighted by Crippen LogP contribution is -2.40. The lowest BCUT2D eigenvalue weighted by Gasteiger charge is -2.19. The summed E-state index contributed by atoms with van der Waals surface area (Å²) in [6.45, 7) is 4.01. The summed E-state index contributed by atoms with van der Waals surface area (Å²) in [5.41, 5.74) is 2.89. The molecule has 6 heteroatoms. The van der Waals surface area contributed by atoms with E-state index in [0.717, 1.165) is 6.42 Å². The second kappa shape index (κ2) is 14.0. The number of allylic oxidation sites excluding steroid dienone is 1. The Kier molecular flexibility index (Phi) is 12.9. The summed E-state index contributed by atoms with van der Waals surface area (Å²) in [5, 5.41) is 20.4. The molecule has 0 aromatic carbocycles. The summed E-state index contributed by atoms with van der Waals surface area (Å²) in [6.07, 6.45) is 6.00. The van der Waals surface area contributed by atoms with Crippen LogP contribution in [0.25, 0.3) is 0 Å². The van der Waals surface area contributed by atoms with Crippen molar-refractivity contribution < 1.29 is 15.0 Å². The zero-order valence-electron chi connectivity index (χ0n) is 12.1. The summed E-state index contributed by atoms with van der Waals surface area (Å²) < 4.78 is 0. The maximum Gasteiger partial charge on any atom is 0.234 e. The van der Waals surface area contributed by atoms with Gasteiger partial charge in [0.1, 0.15) is 0 Å². The molecule has 0 radical (unpaired) electrons. The van der Waals surface area contributed by atoms with Crippen molar-refractivity contribution in [3.05, 3.63) is 17.9 Å². The first-order valence-corrected chi connectivity index (χ1v) is 6.80. The average Bonchev–Trinajstić information content (AvgIpc) is 2.42. The minimum atomic E-state index is -0.107. The molecule has 0 saturated heterocycles. The van der Waals surface area contributed by atoms with Crippen LogP contribution >= 0.6 is 0 Å². The van der Waals surface area contributed by atoms with E-state index in [1.165, 1.54) is 0 Å². The first-order valence-electron chi connectivity index (χ1n) is 6.80. The highest BCUT2D eigenvalue weighted by Crippen LogP contribution is 1.87. The van der Waals surface area contributed by atoms with Crippen LogP contribution in [0.4, 0.5) is 0 Å². The molecule has 0 spiro atoms. The highest BCUT2D eigenvalue weighted by molar-refractivity contribution is 5.78. The van der Waals surface area contributed by atoms with E-state index in [1.54, 1.807) is 23.3 Å². The van der Waals surface area contributed by atoms with Gasteiger partial charge in [-0.25, -0.2) is 0 Å². The molecule has 20 heavy (non-hydrogen) atoms. The van der Waals surface area contributed by atoms with Crippen LogP contribution < -0.4 is 5.32 Å². The zero-order valence-corrected chi connectivity index (χ0v) is 12.1. The molecule has 0 atom stereocenters. The highest BCUT2D eigenvalue weighted by atomic mass is 16.3.